The van der Waals surface area contributed by atoms with E-state index in [-0.39, 0.29) is 5.60 Å². The Labute approximate surface area is 91.1 Å². The first-order chi connectivity index (χ1) is 7.26. The molecule has 1 aliphatic rings. The second-order valence-corrected chi connectivity index (χ2v) is 4.02. The van der Waals surface area contributed by atoms with E-state index in [1.54, 1.807) is 7.11 Å². The quantitative estimate of drug-likeness (QED) is 0.711. The van der Waals surface area contributed by atoms with Crippen LogP contribution in [0.3, 0.4) is 0 Å². The molecule has 2 rings (SSSR count). The molecule has 0 heterocycles. The summed E-state index contributed by atoms with van der Waals surface area (Å²) in [6.07, 6.45) is 8.44. The maximum atomic E-state index is 5.61. The first-order valence-corrected chi connectivity index (χ1v) is 5.22. The third kappa shape index (κ3) is 1.88. The molecule has 0 radical (unpaired) electrons. The van der Waals surface area contributed by atoms with Gasteiger partial charge in [-0.3, -0.25) is 0 Å². The van der Waals surface area contributed by atoms with Crippen molar-refractivity contribution in [3.05, 3.63) is 60.2 Å². The van der Waals surface area contributed by atoms with Crippen LogP contribution in [0.2, 0.25) is 0 Å². The van der Waals surface area contributed by atoms with Crippen molar-refractivity contribution in [2.24, 2.45) is 0 Å². The van der Waals surface area contributed by atoms with Crippen molar-refractivity contribution in [2.75, 3.05) is 7.11 Å². The van der Waals surface area contributed by atoms with Gasteiger partial charge in [-0.2, -0.15) is 0 Å². The molecule has 2 atom stereocenters. The van der Waals surface area contributed by atoms with E-state index < -0.39 is 0 Å². The zero-order valence-corrected chi connectivity index (χ0v) is 9.18. The molecule has 0 amide bonds. The van der Waals surface area contributed by atoms with E-state index in [1.165, 1.54) is 5.56 Å². The first kappa shape index (κ1) is 10.2. The molecule has 1 aromatic rings. The second-order valence-electron chi connectivity index (χ2n) is 4.02. The highest BCUT2D eigenvalue weighted by atomic mass is 16.5. The highest BCUT2D eigenvalue weighted by Gasteiger charge is 2.32. The van der Waals surface area contributed by atoms with Crippen LogP contribution in [0.25, 0.3) is 0 Å². The Morgan fingerprint density at radius 2 is 1.87 bits per heavy atom. The fraction of sp³-hybridized carbons (Fsp3) is 0.286. The van der Waals surface area contributed by atoms with Crippen LogP contribution >= 0.6 is 0 Å². The summed E-state index contributed by atoms with van der Waals surface area (Å²) in [4.78, 5) is 0. The van der Waals surface area contributed by atoms with Gasteiger partial charge < -0.3 is 4.74 Å². The topological polar surface area (TPSA) is 9.23 Å². The Kier molecular flexibility index (Phi) is 2.74. The number of allylic oxidation sites excluding steroid dienone is 2. The van der Waals surface area contributed by atoms with Gasteiger partial charge in [-0.1, -0.05) is 54.6 Å². The van der Waals surface area contributed by atoms with E-state index in [9.17, 15) is 0 Å². The van der Waals surface area contributed by atoms with Crippen LogP contribution in [0.5, 0.6) is 0 Å². The van der Waals surface area contributed by atoms with Gasteiger partial charge in [0.25, 0.3) is 0 Å². The summed E-state index contributed by atoms with van der Waals surface area (Å²) in [6.45, 7) is 2.12. The molecule has 0 saturated carbocycles. The molecule has 0 spiro atoms. The summed E-state index contributed by atoms with van der Waals surface area (Å²) in [5.74, 6) is 0.300. The zero-order valence-electron chi connectivity index (χ0n) is 9.18. The fourth-order valence-electron chi connectivity index (χ4n) is 2.01. The molecular weight excluding hydrogens is 184 g/mol. The van der Waals surface area contributed by atoms with Gasteiger partial charge in [0, 0.05) is 13.0 Å². The van der Waals surface area contributed by atoms with E-state index >= 15 is 0 Å². The van der Waals surface area contributed by atoms with Gasteiger partial charge in [0.15, 0.2) is 0 Å². The third-order valence-corrected chi connectivity index (χ3v) is 3.06. The van der Waals surface area contributed by atoms with Crippen molar-refractivity contribution in [3.63, 3.8) is 0 Å². The molecular formula is C14H16O. The number of rotatable bonds is 2. The molecule has 0 saturated heterocycles. The van der Waals surface area contributed by atoms with Crippen molar-refractivity contribution in [2.45, 2.75) is 18.4 Å². The van der Waals surface area contributed by atoms with Crippen LogP contribution in [0.15, 0.2) is 54.6 Å². The lowest BCUT2D eigenvalue weighted by Gasteiger charge is -2.34. The Bertz CT molecular complexity index is 378. The van der Waals surface area contributed by atoms with E-state index in [4.69, 9.17) is 4.74 Å². The van der Waals surface area contributed by atoms with Gasteiger partial charge in [-0.25, -0.2) is 0 Å². The average molecular weight is 200 g/mol. The van der Waals surface area contributed by atoms with Crippen molar-refractivity contribution in [1.82, 2.24) is 0 Å². The molecule has 0 N–H and O–H groups in total. The number of hydrogen-bond acceptors (Lipinski definition) is 1. The smallest absolute Gasteiger partial charge is 0.0936 e. The van der Waals surface area contributed by atoms with Crippen molar-refractivity contribution in [3.8, 4) is 0 Å². The molecule has 1 aliphatic carbocycles. The minimum Gasteiger partial charge on any atom is -0.373 e. The molecule has 0 aliphatic heterocycles. The number of benzene rings is 1. The monoisotopic (exact) mass is 200 g/mol. The van der Waals surface area contributed by atoms with E-state index in [0.717, 1.165) is 0 Å². The van der Waals surface area contributed by atoms with Crippen LogP contribution < -0.4 is 0 Å². The van der Waals surface area contributed by atoms with Crippen molar-refractivity contribution < 1.29 is 4.74 Å². The summed E-state index contributed by atoms with van der Waals surface area (Å²) in [7, 11) is 1.76. The van der Waals surface area contributed by atoms with Gasteiger partial charge in [0.2, 0.25) is 0 Å². The first-order valence-electron chi connectivity index (χ1n) is 5.22. The third-order valence-electron chi connectivity index (χ3n) is 3.06. The minimum absolute atomic E-state index is 0.226. The number of hydrogen-bond donors (Lipinski definition) is 0. The summed E-state index contributed by atoms with van der Waals surface area (Å²) in [6, 6.07) is 10.5. The van der Waals surface area contributed by atoms with Gasteiger partial charge in [-0.05, 0) is 12.5 Å². The van der Waals surface area contributed by atoms with Crippen LogP contribution in [0, 0.1) is 0 Å². The number of methoxy groups -OCH3 is 1. The molecule has 1 aromatic carbocycles. The van der Waals surface area contributed by atoms with Crippen LogP contribution in [0.1, 0.15) is 18.4 Å². The SMILES string of the molecule is COC1(C)C=CC=CC1c1ccccc1. The molecule has 1 nitrogen and oxygen atoms in total. The molecule has 15 heavy (non-hydrogen) atoms. The Hall–Kier alpha value is -1.34. The molecule has 2 unspecified atom stereocenters. The molecule has 78 valence electrons. The summed E-state index contributed by atoms with van der Waals surface area (Å²) >= 11 is 0. The number of ether oxygens (including phenoxy) is 1. The maximum absolute atomic E-state index is 5.61. The summed E-state index contributed by atoms with van der Waals surface area (Å²) in [5, 5.41) is 0. The lowest BCUT2D eigenvalue weighted by molar-refractivity contribution is 0.0355. The minimum atomic E-state index is -0.226. The largest absolute Gasteiger partial charge is 0.373 e. The highest BCUT2D eigenvalue weighted by Crippen LogP contribution is 2.35. The molecule has 1 heteroatoms. The van der Waals surface area contributed by atoms with Gasteiger partial charge >= 0.3 is 0 Å². The highest BCUT2D eigenvalue weighted by molar-refractivity contribution is 5.35. The summed E-state index contributed by atoms with van der Waals surface area (Å²) in [5.41, 5.74) is 1.07. The Morgan fingerprint density at radius 3 is 2.53 bits per heavy atom. The van der Waals surface area contributed by atoms with Crippen molar-refractivity contribution in [1.29, 1.82) is 0 Å². The van der Waals surface area contributed by atoms with E-state index in [1.807, 2.05) is 12.1 Å². The van der Waals surface area contributed by atoms with Gasteiger partial charge in [0.1, 0.15) is 0 Å². The predicted octanol–water partition coefficient (Wildman–Crippen LogP) is 3.30. The normalized spacial score (nSPS) is 29.3. The second kappa shape index (κ2) is 4.03. The van der Waals surface area contributed by atoms with Crippen LogP contribution in [-0.4, -0.2) is 12.7 Å². The molecule has 0 bridgehead atoms. The lowest BCUT2D eigenvalue weighted by atomic mass is 9.80. The molecule has 0 fully saturated rings. The van der Waals surface area contributed by atoms with Crippen LogP contribution in [-0.2, 0) is 4.74 Å². The summed E-state index contributed by atoms with van der Waals surface area (Å²) < 4.78 is 5.61. The Balaban J connectivity index is 2.36. The van der Waals surface area contributed by atoms with Gasteiger partial charge in [-0.15, -0.1) is 0 Å². The maximum Gasteiger partial charge on any atom is 0.0936 e. The van der Waals surface area contributed by atoms with Gasteiger partial charge in [0.05, 0.1) is 5.60 Å². The lowest BCUT2D eigenvalue weighted by Crippen LogP contribution is -2.33. The van der Waals surface area contributed by atoms with Crippen molar-refractivity contribution >= 4 is 0 Å². The predicted molar refractivity (Wildman–Crippen MR) is 62.9 cm³/mol. The average Bonchev–Trinajstić information content (AvgIpc) is 2.31. The standard InChI is InChI=1S/C14H16O/c1-14(15-2)11-7-6-10-13(14)12-8-4-3-5-9-12/h3-11,13H,1-2H3. The van der Waals surface area contributed by atoms with E-state index in [2.05, 4.69) is 49.4 Å². The fourth-order valence-corrected chi connectivity index (χ4v) is 2.01. The molecule has 0 aromatic heterocycles. The van der Waals surface area contributed by atoms with Crippen LogP contribution in [0.4, 0.5) is 0 Å². The Morgan fingerprint density at radius 1 is 1.13 bits per heavy atom. The zero-order chi connectivity index (χ0) is 10.7. The van der Waals surface area contributed by atoms with E-state index in [0.29, 0.717) is 5.92 Å².